The zero-order chi connectivity index (χ0) is 31.7. The normalized spacial score (nSPS) is 34.3. The van der Waals surface area contributed by atoms with E-state index in [1.54, 1.807) is 0 Å². The molecule has 7 heterocycles. The third-order valence-corrected chi connectivity index (χ3v) is 10.5. The number of nitrogen functional groups attached to an aromatic ring is 2. The fraction of sp³-hybridized carbons (Fsp3) is 0.409. The number of imidazole rings is 2. The number of nitrogens with zero attached hydrogens (tertiary/aromatic N) is 7. The Morgan fingerprint density at radius 2 is 1.73 bits per heavy atom. The quantitative estimate of drug-likeness (QED) is 0.174. The first-order valence-electron chi connectivity index (χ1n) is 13.2. The fourth-order valence-corrected chi connectivity index (χ4v) is 7.92. The second-order valence-electron chi connectivity index (χ2n) is 10.1. The molecule has 45 heavy (non-hydrogen) atoms. The molecule has 2 bridgehead atoms. The van der Waals surface area contributed by atoms with E-state index >= 15 is 0 Å². The van der Waals surface area contributed by atoms with Crippen molar-refractivity contribution in [1.29, 1.82) is 0 Å². The Kier molecular flexibility index (Phi) is 7.42. The topological polar surface area (TPSA) is 266 Å². The van der Waals surface area contributed by atoms with Crippen LogP contribution in [0.15, 0.2) is 36.2 Å². The minimum absolute atomic E-state index is 0.0115. The highest BCUT2D eigenvalue weighted by Gasteiger charge is 2.51. The van der Waals surface area contributed by atoms with Crippen molar-refractivity contribution in [2.45, 2.75) is 43.3 Å². The number of Topliss-reactive ketones (excluding diaryl/α,β-unsaturated/α-hetero) is 1. The van der Waals surface area contributed by atoms with Gasteiger partial charge in [-0.3, -0.25) is 27.5 Å². The molecule has 0 aliphatic carbocycles. The number of hydrogen-bond donors (Lipinski definition) is 4. The number of ketones is 1. The number of carbonyl (C=O) groups excluding carboxylic acids is 1. The third-order valence-electron chi connectivity index (χ3n) is 7.34. The number of fused-ring (bicyclic) bond motifs is 5. The van der Waals surface area contributed by atoms with Gasteiger partial charge in [-0.1, -0.05) is 18.8 Å². The molecule has 2 unspecified atom stereocenters. The van der Waals surface area contributed by atoms with Gasteiger partial charge in [0.2, 0.25) is 5.78 Å². The highest BCUT2D eigenvalue weighted by Crippen LogP contribution is 2.58. The predicted octanol–water partition coefficient (Wildman–Crippen LogP) is 1.07. The van der Waals surface area contributed by atoms with Gasteiger partial charge in [-0.05, 0) is 0 Å². The largest absolute Gasteiger partial charge is 0.386 e. The molecule has 0 aromatic carbocycles. The second-order valence-corrected chi connectivity index (χ2v) is 14.9. The monoisotopic (exact) mass is 682 g/mol. The van der Waals surface area contributed by atoms with Gasteiger partial charge in [-0.25, -0.2) is 38.8 Å². The van der Waals surface area contributed by atoms with Crippen LogP contribution in [0.3, 0.4) is 0 Å². The first kappa shape index (κ1) is 30.2. The van der Waals surface area contributed by atoms with Crippen molar-refractivity contribution in [3.8, 4) is 0 Å². The molecular formula is C22H24N10O10P2S. The van der Waals surface area contributed by atoms with Gasteiger partial charge >= 0.3 is 20.1 Å². The van der Waals surface area contributed by atoms with E-state index in [1.807, 2.05) is 0 Å². The summed E-state index contributed by atoms with van der Waals surface area (Å²) >= 11 is 4.07. The summed E-state index contributed by atoms with van der Waals surface area (Å²) in [6, 6.07) is 0. The van der Waals surface area contributed by atoms with Crippen molar-refractivity contribution >= 4 is 66.4 Å². The lowest BCUT2D eigenvalue weighted by molar-refractivity contribution is -0.129. The number of aromatic nitrogens is 8. The molecule has 20 nitrogen and oxygen atoms in total. The Morgan fingerprint density at radius 3 is 2.51 bits per heavy atom. The van der Waals surface area contributed by atoms with Crippen LogP contribution in [-0.2, 0) is 41.5 Å². The molecule has 5 N–H and O–H groups in total. The van der Waals surface area contributed by atoms with E-state index in [0.29, 0.717) is 0 Å². The van der Waals surface area contributed by atoms with E-state index in [0.717, 1.165) is 16.7 Å². The molecule has 23 heteroatoms. The molecule has 3 aliphatic rings. The standard InChI is InChI=1S/C22H24N10O10P2S/c1-2-43(35)37-5-11-15(14(33)21(40-11)31-8-29-12-16(23)25-6-27-18(12)31)42-44(36,45)38-4-9-3-10(41-43)20(39-9)32-19-13(30-22(32)34)17(24)26-7-28-19/h2,6-11,15,20-21H,1,3-5H2,(H,30,34)(H,36,45)(H2,23,25,27)(H2,24,26,28)/t9?,10-,11-,15?,20-,21-,43+,44+/m1/s1. The van der Waals surface area contributed by atoms with Crippen LogP contribution in [0, 0.1) is 0 Å². The van der Waals surface area contributed by atoms with E-state index in [4.69, 9.17) is 39.0 Å². The number of aromatic amines is 1. The molecule has 0 spiro atoms. The number of hydrogen-bond acceptors (Lipinski definition) is 17. The van der Waals surface area contributed by atoms with Crippen LogP contribution in [0.1, 0.15) is 18.9 Å². The van der Waals surface area contributed by atoms with E-state index in [-0.39, 0.29) is 47.0 Å². The Bertz CT molecular complexity index is 2000. The van der Waals surface area contributed by atoms with Gasteiger partial charge in [0, 0.05) is 12.2 Å². The van der Waals surface area contributed by atoms with Gasteiger partial charge in [-0.2, -0.15) is 0 Å². The van der Waals surface area contributed by atoms with Gasteiger partial charge < -0.3 is 30.4 Å². The van der Waals surface area contributed by atoms with Crippen LogP contribution in [0.2, 0.25) is 0 Å². The fourth-order valence-electron chi connectivity index (χ4n) is 5.30. The van der Waals surface area contributed by atoms with Gasteiger partial charge in [0.25, 0.3) is 0 Å². The van der Waals surface area contributed by atoms with Crippen molar-refractivity contribution in [3.05, 3.63) is 41.9 Å². The van der Waals surface area contributed by atoms with Gasteiger partial charge in [0.15, 0.2) is 41.5 Å². The van der Waals surface area contributed by atoms with Gasteiger partial charge in [0.05, 0.1) is 25.6 Å². The van der Waals surface area contributed by atoms with Crippen LogP contribution in [0.4, 0.5) is 11.6 Å². The molecule has 238 valence electrons. The number of nitrogens with two attached hydrogens (primary N) is 2. The van der Waals surface area contributed by atoms with Crippen molar-refractivity contribution in [2.24, 2.45) is 0 Å². The van der Waals surface area contributed by atoms with Crippen LogP contribution < -0.4 is 17.2 Å². The average Bonchev–Trinajstić information content (AvgIpc) is 3.76. The molecule has 0 radical (unpaired) electrons. The summed E-state index contributed by atoms with van der Waals surface area (Å²) in [5.74, 6) is 0.340. The summed E-state index contributed by atoms with van der Waals surface area (Å²) < 4.78 is 64.4. The first-order valence-corrected chi connectivity index (χ1v) is 17.5. The highest BCUT2D eigenvalue weighted by atomic mass is 32.7. The third kappa shape index (κ3) is 5.29. The van der Waals surface area contributed by atoms with E-state index in [9.17, 15) is 18.7 Å². The van der Waals surface area contributed by atoms with Crippen molar-refractivity contribution in [2.75, 3.05) is 24.7 Å². The van der Waals surface area contributed by atoms with Crippen LogP contribution in [0.5, 0.6) is 0 Å². The molecule has 8 atom stereocenters. The lowest BCUT2D eigenvalue weighted by Crippen LogP contribution is -2.33. The minimum Gasteiger partial charge on any atom is -0.382 e. The van der Waals surface area contributed by atoms with Crippen LogP contribution in [0.25, 0.3) is 22.3 Å². The lowest BCUT2D eigenvalue weighted by Gasteiger charge is -2.26. The maximum absolute atomic E-state index is 13.9. The Labute approximate surface area is 256 Å². The number of ether oxygens (including phenoxy) is 2. The van der Waals surface area contributed by atoms with E-state index < -0.39 is 69.3 Å². The first-order chi connectivity index (χ1) is 21.5. The molecule has 0 saturated carbocycles. The zero-order valence-electron chi connectivity index (χ0n) is 22.8. The number of rotatable bonds is 3. The van der Waals surface area contributed by atoms with Crippen LogP contribution in [-0.4, -0.2) is 82.5 Å². The Balaban J connectivity index is 1.22. The summed E-state index contributed by atoms with van der Waals surface area (Å²) in [4.78, 5) is 49.3. The molecule has 4 aromatic rings. The Morgan fingerprint density at radius 1 is 0.978 bits per heavy atom. The summed E-state index contributed by atoms with van der Waals surface area (Å²) in [6.45, 7) is -1.64. The average molecular weight is 683 g/mol. The molecule has 3 fully saturated rings. The summed E-state index contributed by atoms with van der Waals surface area (Å²) in [5.41, 5.74) is 11.7. The van der Waals surface area contributed by atoms with Crippen molar-refractivity contribution < 1.29 is 41.5 Å². The minimum atomic E-state index is -4.28. The lowest BCUT2D eigenvalue weighted by atomic mass is 10.1. The molecular weight excluding hydrogens is 658 g/mol. The number of H-pyrrole nitrogens is 1. The van der Waals surface area contributed by atoms with Crippen molar-refractivity contribution in [1.82, 2.24) is 39.0 Å². The predicted molar refractivity (Wildman–Crippen MR) is 156 cm³/mol. The van der Waals surface area contributed by atoms with Gasteiger partial charge in [-0.15, -0.1) is 0 Å². The summed E-state index contributed by atoms with van der Waals surface area (Å²) in [7, 11) is -4.19. The molecule has 0 amide bonds. The number of carbonyl (C=O) groups is 1. The highest BCUT2D eigenvalue weighted by molar-refractivity contribution is 8.44. The molecule has 4 aromatic heterocycles. The van der Waals surface area contributed by atoms with Crippen molar-refractivity contribution in [3.63, 3.8) is 0 Å². The maximum atomic E-state index is 13.9. The summed E-state index contributed by atoms with van der Waals surface area (Å²) in [6.07, 6.45) is -3.85. The van der Waals surface area contributed by atoms with E-state index in [1.165, 1.54) is 17.2 Å². The van der Waals surface area contributed by atoms with Gasteiger partial charge in [0.1, 0.15) is 35.9 Å². The molecule has 3 aliphatic heterocycles. The number of thiol groups is 1. The maximum Gasteiger partial charge on any atom is 0.386 e. The molecule has 3 saturated heterocycles. The molecule has 7 rings (SSSR count). The Hall–Kier alpha value is -3.52. The SMILES string of the molecule is C=C[P@]1(=O)OC[C@H]2O[C@@H](n3cnc4c(N)ncnc43)C(=O)C2O[P@@](=O)(S)OCC2C[C@@H](O1)[C@H](n1c(=O)[nH]c3c(N)ncnc31)O2. The number of anilines is 2. The smallest absolute Gasteiger partial charge is 0.382 e. The number of nitrogens with one attached hydrogen (secondary N) is 1. The van der Waals surface area contributed by atoms with E-state index in [2.05, 4.69) is 48.7 Å². The summed E-state index contributed by atoms with van der Waals surface area (Å²) in [5, 5.41) is 0. The second kappa shape index (κ2) is 11.1. The van der Waals surface area contributed by atoms with Crippen LogP contribution >= 0.6 is 26.6 Å². The zero-order valence-corrected chi connectivity index (χ0v) is 25.5.